The maximum Gasteiger partial charge on any atom is 0.223 e. The molecule has 0 saturated carbocycles. The summed E-state index contributed by atoms with van der Waals surface area (Å²) in [6.07, 6.45) is 1.37. The summed E-state index contributed by atoms with van der Waals surface area (Å²) < 4.78 is 6.99. The van der Waals surface area contributed by atoms with Crippen LogP contribution in [0, 0.1) is 0 Å². The van der Waals surface area contributed by atoms with E-state index in [1.54, 1.807) is 0 Å². The quantitative estimate of drug-likeness (QED) is 0.302. The van der Waals surface area contributed by atoms with E-state index in [-0.39, 0.29) is 11.9 Å². The zero-order valence-electron chi connectivity index (χ0n) is 19.2. The van der Waals surface area contributed by atoms with Crippen molar-refractivity contribution in [1.29, 1.82) is 0 Å². The first kappa shape index (κ1) is 22.1. The van der Waals surface area contributed by atoms with E-state index in [0.717, 1.165) is 28.7 Å². The van der Waals surface area contributed by atoms with Gasteiger partial charge < -0.3 is 9.64 Å². The van der Waals surface area contributed by atoms with E-state index in [4.69, 9.17) is 4.74 Å². The lowest BCUT2D eigenvalue weighted by Gasteiger charge is -2.38. The van der Waals surface area contributed by atoms with Crippen LogP contribution >= 0.6 is 0 Å². The number of hydrogen-bond donors (Lipinski definition) is 0. The predicted molar refractivity (Wildman–Crippen MR) is 135 cm³/mol. The van der Waals surface area contributed by atoms with Crippen LogP contribution in [-0.2, 0) is 21.7 Å². The van der Waals surface area contributed by atoms with Gasteiger partial charge in [0.2, 0.25) is 5.91 Å². The van der Waals surface area contributed by atoms with Crippen LogP contribution in [0.2, 0.25) is 0 Å². The van der Waals surface area contributed by atoms with Crippen LogP contribution in [0.15, 0.2) is 121 Å². The Hall–Kier alpha value is -3.69. The normalized spacial score (nSPS) is 16.1. The summed E-state index contributed by atoms with van der Waals surface area (Å²) in [5.74, 6) is 0.196. The number of carbonyl (C=O) groups is 1. The van der Waals surface area contributed by atoms with Gasteiger partial charge in [0.1, 0.15) is 5.60 Å². The topological polar surface area (TPSA) is 29.5 Å². The Morgan fingerprint density at radius 2 is 1.12 bits per heavy atom. The van der Waals surface area contributed by atoms with Gasteiger partial charge in [-0.05, 0) is 28.7 Å². The van der Waals surface area contributed by atoms with E-state index in [1.165, 1.54) is 0 Å². The van der Waals surface area contributed by atoms with Crippen LogP contribution < -0.4 is 0 Å². The second-order valence-electron chi connectivity index (χ2n) is 8.79. The molecule has 1 fully saturated rings. The molecule has 4 aromatic carbocycles. The fourth-order valence-electron chi connectivity index (χ4n) is 4.95. The highest BCUT2D eigenvalue weighted by Gasteiger charge is 2.40. The molecular weight excluding hydrogens is 418 g/mol. The second-order valence-corrected chi connectivity index (χ2v) is 8.79. The molecule has 1 aliphatic heterocycles. The highest BCUT2D eigenvalue weighted by molar-refractivity contribution is 5.78. The van der Waals surface area contributed by atoms with Crippen molar-refractivity contribution in [3.05, 3.63) is 144 Å². The third kappa shape index (κ3) is 4.40. The number of rotatable bonds is 8. The number of benzene rings is 4. The minimum absolute atomic E-state index is 0.0308. The molecule has 1 heterocycles. The third-order valence-electron chi connectivity index (χ3n) is 6.68. The van der Waals surface area contributed by atoms with Gasteiger partial charge in [0.15, 0.2) is 0 Å². The summed E-state index contributed by atoms with van der Waals surface area (Å²) in [6, 6.07) is 41.4. The summed E-state index contributed by atoms with van der Waals surface area (Å²) >= 11 is 0. The van der Waals surface area contributed by atoms with Gasteiger partial charge in [-0.2, -0.15) is 0 Å². The first-order valence-electron chi connectivity index (χ1n) is 11.9. The Morgan fingerprint density at radius 3 is 1.59 bits per heavy atom. The van der Waals surface area contributed by atoms with Gasteiger partial charge in [-0.1, -0.05) is 121 Å². The predicted octanol–water partition coefficient (Wildman–Crippen LogP) is 6.19. The average molecular weight is 448 g/mol. The van der Waals surface area contributed by atoms with Gasteiger partial charge >= 0.3 is 0 Å². The zero-order chi connectivity index (χ0) is 23.2. The van der Waals surface area contributed by atoms with Gasteiger partial charge in [-0.3, -0.25) is 4.79 Å². The van der Waals surface area contributed by atoms with Crippen LogP contribution in [0.3, 0.4) is 0 Å². The standard InChI is InChI=1S/C31H29NO2/c33-30-22-21-29(32(30)23-25-13-5-1-6-14-25)24-34-31(26-15-7-2-8-16-26,27-17-9-3-10-18-27)28-19-11-4-12-20-28/h1-20,29H,21-24H2/t29-/m0/s1. The first-order chi connectivity index (χ1) is 16.8. The van der Waals surface area contributed by atoms with Crippen molar-refractivity contribution in [3.8, 4) is 0 Å². The fourth-order valence-corrected chi connectivity index (χ4v) is 4.95. The van der Waals surface area contributed by atoms with Crippen LogP contribution in [0.4, 0.5) is 0 Å². The van der Waals surface area contributed by atoms with Crippen molar-refractivity contribution in [2.45, 2.75) is 31.0 Å². The van der Waals surface area contributed by atoms with Crippen molar-refractivity contribution >= 4 is 5.91 Å². The molecule has 1 atom stereocenters. The molecule has 170 valence electrons. The number of hydrogen-bond acceptors (Lipinski definition) is 2. The Kier molecular flexibility index (Phi) is 6.55. The summed E-state index contributed by atoms with van der Waals surface area (Å²) in [4.78, 5) is 14.8. The largest absolute Gasteiger partial charge is 0.359 e. The SMILES string of the molecule is O=C1CC[C@@H](COC(c2ccccc2)(c2ccccc2)c2ccccc2)N1Cc1ccccc1. The Balaban J connectivity index is 1.52. The molecule has 0 bridgehead atoms. The molecule has 0 unspecified atom stereocenters. The summed E-state index contributed by atoms with van der Waals surface area (Å²) in [7, 11) is 0. The molecule has 0 aromatic heterocycles. The average Bonchev–Trinajstić information content (AvgIpc) is 3.26. The summed E-state index contributed by atoms with van der Waals surface area (Å²) in [5.41, 5.74) is 3.60. The van der Waals surface area contributed by atoms with Gasteiger partial charge in [-0.25, -0.2) is 0 Å². The molecule has 1 aliphatic rings. The summed E-state index contributed by atoms with van der Waals surface area (Å²) in [5, 5.41) is 0. The first-order valence-corrected chi connectivity index (χ1v) is 11.9. The van der Waals surface area contributed by atoms with E-state index in [2.05, 4.69) is 84.9 Å². The smallest absolute Gasteiger partial charge is 0.223 e. The molecule has 3 nitrogen and oxygen atoms in total. The minimum atomic E-state index is -0.770. The Bertz CT molecular complexity index is 1100. The maximum atomic E-state index is 12.8. The van der Waals surface area contributed by atoms with Crippen molar-refractivity contribution in [1.82, 2.24) is 4.90 Å². The van der Waals surface area contributed by atoms with Crippen LogP contribution in [-0.4, -0.2) is 23.5 Å². The molecule has 4 aromatic rings. The molecule has 5 rings (SSSR count). The molecular formula is C31H29NO2. The molecule has 1 amide bonds. The highest BCUT2D eigenvalue weighted by atomic mass is 16.5. The van der Waals surface area contributed by atoms with Crippen molar-refractivity contribution < 1.29 is 9.53 Å². The molecule has 0 spiro atoms. The summed E-state index contributed by atoms with van der Waals surface area (Å²) in [6.45, 7) is 1.07. The van der Waals surface area contributed by atoms with Crippen molar-refractivity contribution in [3.63, 3.8) is 0 Å². The lowest BCUT2D eigenvalue weighted by Crippen LogP contribution is -2.40. The molecule has 0 aliphatic carbocycles. The molecule has 0 N–H and O–H groups in total. The van der Waals surface area contributed by atoms with E-state index in [1.807, 2.05) is 41.3 Å². The van der Waals surface area contributed by atoms with E-state index < -0.39 is 5.60 Å². The van der Waals surface area contributed by atoms with Crippen LogP contribution in [0.25, 0.3) is 0 Å². The maximum absolute atomic E-state index is 12.8. The number of ether oxygens (including phenoxy) is 1. The monoisotopic (exact) mass is 447 g/mol. The number of carbonyl (C=O) groups excluding carboxylic acids is 1. The van der Waals surface area contributed by atoms with Gasteiger partial charge in [-0.15, -0.1) is 0 Å². The van der Waals surface area contributed by atoms with Gasteiger partial charge in [0.05, 0.1) is 12.6 Å². The fraction of sp³-hybridized carbons (Fsp3) is 0.194. The van der Waals surface area contributed by atoms with E-state index in [0.29, 0.717) is 19.6 Å². The lowest BCUT2D eigenvalue weighted by molar-refractivity contribution is -0.131. The van der Waals surface area contributed by atoms with Gasteiger partial charge in [0.25, 0.3) is 0 Å². The number of nitrogens with zero attached hydrogens (tertiary/aromatic N) is 1. The molecule has 0 radical (unpaired) electrons. The van der Waals surface area contributed by atoms with E-state index >= 15 is 0 Å². The minimum Gasteiger partial charge on any atom is -0.359 e. The van der Waals surface area contributed by atoms with Crippen molar-refractivity contribution in [2.24, 2.45) is 0 Å². The van der Waals surface area contributed by atoms with Gasteiger partial charge in [0, 0.05) is 13.0 Å². The molecule has 3 heteroatoms. The Morgan fingerprint density at radius 1 is 0.676 bits per heavy atom. The zero-order valence-corrected chi connectivity index (χ0v) is 19.2. The molecule has 34 heavy (non-hydrogen) atoms. The molecule has 1 saturated heterocycles. The second kappa shape index (κ2) is 10.1. The lowest BCUT2D eigenvalue weighted by atomic mass is 9.80. The van der Waals surface area contributed by atoms with E-state index in [9.17, 15) is 4.79 Å². The van der Waals surface area contributed by atoms with Crippen molar-refractivity contribution in [2.75, 3.05) is 6.61 Å². The highest BCUT2D eigenvalue weighted by Crippen LogP contribution is 2.41. The Labute approximate surface area is 201 Å². The van der Waals surface area contributed by atoms with Crippen LogP contribution in [0.1, 0.15) is 35.1 Å². The number of likely N-dealkylation sites (tertiary alicyclic amines) is 1. The third-order valence-corrected chi connectivity index (χ3v) is 6.68. The van der Waals surface area contributed by atoms with Crippen LogP contribution in [0.5, 0.6) is 0 Å². The number of amides is 1.